The van der Waals surface area contributed by atoms with E-state index in [1.54, 1.807) is 0 Å². The highest BCUT2D eigenvalue weighted by Crippen LogP contribution is 2.20. The number of nitrogens with two attached hydrogens (primary N) is 1. The number of ether oxygens (including phenoxy) is 3. The molecule has 3 N–H and O–H groups in total. The summed E-state index contributed by atoms with van der Waals surface area (Å²) in [7, 11) is 0. The van der Waals surface area contributed by atoms with Crippen molar-refractivity contribution in [1.82, 2.24) is 10.2 Å². The normalized spacial score (nSPS) is 14.9. The Morgan fingerprint density at radius 2 is 1.12 bits per heavy atom. The molecule has 0 spiro atoms. The SMILES string of the molecule is CCCCCCCCCCCCCCCCCCCC(=O)N1CCCC1C(=O)NCCCOCCOCCOCCCN. The first-order valence-corrected chi connectivity index (χ1v) is 18.2. The molecule has 2 amide bonds. The van der Waals surface area contributed by atoms with E-state index < -0.39 is 0 Å². The number of carbonyl (C=O) groups excluding carboxylic acids is 2. The van der Waals surface area contributed by atoms with Crippen molar-refractivity contribution in [3.8, 4) is 0 Å². The molecule has 0 aliphatic carbocycles. The van der Waals surface area contributed by atoms with Crippen LogP contribution in [0.4, 0.5) is 0 Å². The Labute approximate surface area is 264 Å². The van der Waals surface area contributed by atoms with Crippen molar-refractivity contribution < 1.29 is 23.8 Å². The Kier molecular flexibility index (Phi) is 28.5. The molecule has 0 saturated carbocycles. The molecule has 1 aliphatic rings. The van der Waals surface area contributed by atoms with Crippen molar-refractivity contribution in [3.63, 3.8) is 0 Å². The van der Waals surface area contributed by atoms with Gasteiger partial charge in [-0.25, -0.2) is 0 Å². The smallest absolute Gasteiger partial charge is 0.242 e. The summed E-state index contributed by atoms with van der Waals surface area (Å²) in [6, 6.07) is -0.306. The molecule has 0 aromatic rings. The third kappa shape index (κ3) is 23.8. The van der Waals surface area contributed by atoms with E-state index in [0.29, 0.717) is 65.7 Å². The van der Waals surface area contributed by atoms with Crippen LogP contribution in [0.3, 0.4) is 0 Å². The van der Waals surface area contributed by atoms with Crippen LogP contribution in [0.25, 0.3) is 0 Å². The van der Waals surface area contributed by atoms with E-state index in [1.165, 1.54) is 96.3 Å². The first kappa shape index (κ1) is 39.8. The third-order valence-corrected chi connectivity index (χ3v) is 8.37. The van der Waals surface area contributed by atoms with Crippen LogP contribution < -0.4 is 11.1 Å². The molecule has 1 aliphatic heterocycles. The van der Waals surface area contributed by atoms with Gasteiger partial charge in [0.25, 0.3) is 0 Å². The zero-order valence-electron chi connectivity index (χ0n) is 28.1. The highest BCUT2D eigenvalue weighted by molar-refractivity contribution is 5.88. The quantitative estimate of drug-likeness (QED) is 0.0800. The van der Waals surface area contributed by atoms with Crippen molar-refractivity contribution in [1.29, 1.82) is 0 Å². The van der Waals surface area contributed by atoms with Crippen LogP contribution in [0, 0.1) is 0 Å². The number of hydrogen-bond acceptors (Lipinski definition) is 6. The minimum absolute atomic E-state index is 0.0220. The summed E-state index contributed by atoms with van der Waals surface area (Å²) in [4.78, 5) is 27.3. The number of unbranched alkanes of at least 4 members (excludes halogenated alkanes) is 16. The fraction of sp³-hybridized carbons (Fsp3) is 0.943. The Morgan fingerprint density at radius 3 is 1.63 bits per heavy atom. The van der Waals surface area contributed by atoms with Gasteiger partial charge in [0.15, 0.2) is 0 Å². The summed E-state index contributed by atoms with van der Waals surface area (Å²) in [5.41, 5.74) is 5.42. The summed E-state index contributed by atoms with van der Waals surface area (Å²) in [5, 5.41) is 3.00. The van der Waals surface area contributed by atoms with E-state index in [4.69, 9.17) is 19.9 Å². The van der Waals surface area contributed by atoms with Crippen LogP contribution >= 0.6 is 0 Å². The van der Waals surface area contributed by atoms with Crippen molar-refractivity contribution in [2.24, 2.45) is 5.73 Å². The van der Waals surface area contributed by atoms with Crippen molar-refractivity contribution in [2.75, 3.05) is 59.3 Å². The zero-order valence-corrected chi connectivity index (χ0v) is 28.1. The molecule has 1 saturated heterocycles. The predicted octanol–water partition coefficient (Wildman–Crippen LogP) is 6.92. The van der Waals surface area contributed by atoms with Crippen molar-refractivity contribution >= 4 is 11.8 Å². The fourth-order valence-corrected chi connectivity index (χ4v) is 5.71. The highest BCUT2D eigenvalue weighted by atomic mass is 16.5. The van der Waals surface area contributed by atoms with Gasteiger partial charge in [-0.2, -0.15) is 0 Å². The van der Waals surface area contributed by atoms with Gasteiger partial charge in [-0.05, 0) is 38.6 Å². The molecule has 1 rings (SSSR count). The summed E-state index contributed by atoms with van der Waals surface area (Å²) in [6.07, 6.45) is 26.6. The third-order valence-electron chi connectivity index (χ3n) is 8.37. The zero-order chi connectivity index (χ0) is 31.1. The Balaban J connectivity index is 1.92. The van der Waals surface area contributed by atoms with Crippen LogP contribution in [0.2, 0.25) is 0 Å². The molecule has 1 atom stereocenters. The molecule has 8 nitrogen and oxygen atoms in total. The van der Waals surface area contributed by atoms with Crippen LogP contribution in [0.5, 0.6) is 0 Å². The summed E-state index contributed by atoms with van der Waals surface area (Å²) in [5.74, 6) is 0.123. The topological polar surface area (TPSA) is 103 Å². The van der Waals surface area contributed by atoms with Gasteiger partial charge in [-0.3, -0.25) is 9.59 Å². The maximum absolute atomic E-state index is 12.8. The minimum Gasteiger partial charge on any atom is -0.379 e. The van der Waals surface area contributed by atoms with Gasteiger partial charge in [0.2, 0.25) is 11.8 Å². The number of carbonyl (C=O) groups is 2. The van der Waals surface area contributed by atoms with Crippen molar-refractivity contribution in [2.45, 2.75) is 154 Å². The van der Waals surface area contributed by atoms with Crippen LogP contribution in [-0.2, 0) is 23.8 Å². The number of likely N-dealkylation sites (tertiary alicyclic amines) is 1. The Hall–Kier alpha value is -1.22. The number of nitrogens with zero attached hydrogens (tertiary/aromatic N) is 1. The highest BCUT2D eigenvalue weighted by Gasteiger charge is 2.33. The largest absolute Gasteiger partial charge is 0.379 e. The van der Waals surface area contributed by atoms with Gasteiger partial charge in [0, 0.05) is 32.7 Å². The van der Waals surface area contributed by atoms with Crippen LogP contribution in [0.15, 0.2) is 0 Å². The molecule has 1 heterocycles. The fourth-order valence-electron chi connectivity index (χ4n) is 5.71. The van der Waals surface area contributed by atoms with Crippen molar-refractivity contribution in [3.05, 3.63) is 0 Å². The van der Waals surface area contributed by atoms with Crippen LogP contribution in [0.1, 0.15) is 148 Å². The first-order chi connectivity index (χ1) is 21.2. The lowest BCUT2D eigenvalue weighted by Gasteiger charge is -2.24. The molecular formula is C35H69N3O5. The Bertz CT molecular complexity index is 637. The average molecular weight is 612 g/mol. The number of hydrogen-bond donors (Lipinski definition) is 2. The standard InChI is InChI=1S/C35H69N3O5/c1-2-3-4-5-6-7-8-9-10-11-12-13-14-15-16-17-18-23-34(39)38-26-19-22-33(38)35(40)37-25-21-28-42-30-32-43-31-29-41-27-20-24-36/h33H,2-32,36H2,1H3,(H,37,40). The lowest BCUT2D eigenvalue weighted by Crippen LogP contribution is -2.46. The van der Waals surface area contributed by atoms with Crippen LogP contribution in [-0.4, -0.2) is 82.0 Å². The van der Waals surface area contributed by atoms with Gasteiger partial charge in [0.05, 0.1) is 26.4 Å². The molecule has 0 aromatic heterocycles. The van der Waals surface area contributed by atoms with Gasteiger partial charge < -0.3 is 30.2 Å². The second-order valence-electron chi connectivity index (χ2n) is 12.3. The second-order valence-corrected chi connectivity index (χ2v) is 12.3. The number of amides is 2. The second kappa shape index (κ2) is 30.8. The molecule has 8 heteroatoms. The molecule has 0 bridgehead atoms. The monoisotopic (exact) mass is 612 g/mol. The summed E-state index contributed by atoms with van der Waals surface area (Å²) < 4.78 is 16.4. The van der Waals surface area contributed by atoms with Gasteiger partial charge in [0.1, 0.15) is 6.04 Å². The maximum atomic E-state index is 12.8. The first-order valence-electron chi connectivity index (χ1n) is 18.2. The van der Waals surface area contributed by atoms with E-state index in [0.717, 1.165) is 38.5 Å². The molecule has 0 aromatic carbocycles. The molecule has 1 fully saturated rings. The minimum atomic E-state index is -0.306. The summed E-state index contributed by atoms with van der Waals surface area (Å²) >= 11 is 0. The molecular weight excluding hydrogens is 542 g/mol. The molecule has 254 valence electrons. The number of nitrogens with one attached hydrogen (secondary N) is 1. The van der Waals surface area contributed by atoms with E-state index in [2.05, 4.69) is 12.2 Å². The predicted molar refractivity (Wildman–Crippen MR) is 177 cm³/mol. The lowest BCUT2D eigenvalue weighted by atomic mass is 10.0. The Morgan fingerprint density at radius 1 is 0.651 bits per heavy atom. The van der Waals surface area contributed by atoms with E-state index >= 15 is 0 Å². The van der Waals surface area contributed by atoms with Gasteiger partial charge >= 0.3 is 0 Å². The molecule has 43 heavy (non-hydrogen) atoms. The van der Waals surface area contributed by atoms with Gasteiger partial charge in [-0.1, -0.05) is 110 Å². The molecule has 0 radical (unpaired) electrons. The van der Waals surface area contributed by atoms with E-state index in [1.807, 2.05) is 4.90 Å². The van der Waals surface area contributed by atoms with E-state index in [9.17, 15) is 9.59 Å². The maximum Gasteiger partial charge on any atom is 0.242 e. The average Bonchev–Trinajstić information content (AvgIpc) is 3.51. The van der Waals surface area contributed by atoms with E-state index in [-0.39, 0.29) is 17.9 Å². The van der Waals surface area contributed by atoms with Gasteiger partial charge in [-0.15, -0.1) is 0 Å². The number of rotatable bonds is 32. The summed E-state index contributed by atoms with van der Waals surface area (Å²) in [6.45, 7) is 7.63. The molecule has 1 unspecified atom stereocenters. The lowest BCUT2D eigenvalue weighted by molar-refractivity contribution is -0.138.